The summed E-state index contributed by atoms with van der Waals surface area (Å²) in [7, 11) is 0. The third-order valence-electron chi connectivity index (χ3n) is 3.06. The molecule has 1 saturated heterocycles. The largest absolute Gasteiger partial charge is 0.463 e. The van der Waals surface area contributed by atoms with Crippen LogP contribution < -0.4 is 5.32 Å². The number of nitrogens with one attached hydrogen (secondary N) is 1. The molecule has 1 fully saturated rings. The fourth-order valence-corrected chi connectivity index (χ4v) is 2.09. The van der Waals surface area contributed by atoms with Gasteiger partial charge in [0.05, 0.1) is 12.7 Å². The van der Waals surface area contributed by atoms with Gasteiger partial charge in [0.2, 0.25) is 0 Å². The predicted molar refractivity (Wildman–Crippen MR) is 66.8 cm³/mol. The van der Waals surface area contributed by atoms with Gasteiger partial charge in [0, 0.05) is 25.3 Å². The zero-order chi connectivity index (χ0) is 12.7. The van der Waals surface area contributed by atoms with Crippen LogP contribution in [0.2, 0.25) is 0 Å². The van der Waals surface area contributed by atoms with Crippen LogP contribution in [0.4, 0.5) is 0 Å². The monoisotopic (exact) mass is 241 g/mol. The summed E-state index contributed by atoms with van der Waals surface area (Å²) in [5.74, 6) is 0.240. The van der Waals surface area contributed by atoms with Crippen molar-refractivity contribution in [2.24, 2.45) is 5.92 Å². The SMILES string of the molecule is C=C(CNCC1CCOC1CC)C(=O)OCC. The molecule has 0 aromatic carbocycles. The zero-order valence-corrected chi connectivity index (χ0v) is 10.8. The third kappa shape index (κ3) is 4.48. The summed E-state index contributed by atoms with van der Waals surface area (Å²) < 4.78 is 10.5. The lowest BCUT2D eigenvalue weighted by Crippen LogP contribution is -2.30. The Bertz CT molecular complexity index is 265. The van der Waals surface area contributed by atoms with Crippen LogP contribution in [-0.4, -0.2) is 38.4 Å². The lowest BCUT2D eigenvalue weighted by molar-refractivity contribution is -0.138. The Morgan fingerprint density at radius 1 is 1.53 bits per heavy atom. The first-order chi connectivity index (χ1) is 8.19. The Morgan fingerprint density at radius 3 is 2.94 bits per heavy atom. The molecule has 1 rings (SSSR count). The number of hydrogen-bond donors (Lipinski definition) is 1. The van der Waals surface area contributed by atoms with E-state index in [0.29, 0.717) is 30.7 Å². The van der Waals surface area contributed by atoms with Gasteiger partial charge in [-0.05, 0) is 25.7 Å². The van der Waals surface area contributed by atoms with Crippen LogP contribution in [0.5, 0.6) is 0 Å². The number of esters is 1. The molecule has 98 valence electrons. The first-order valence-electron chi connectivity index (χ1n) is 6.36. The number of ether oxygens (including phenoxy) is 2. The molecule has 1 aliphatic heterocycles. The maximum absolute atomic E-state index is 11.3. The van der Waals surface area contributed by atoms with Gasteiger partial charge in [-0.15, -0.1) is 0 Å². The molecular weight excluding hydrogens is 218 g/mol. The Hall–Kier alpha value is -0.870. The lowest BCUT2D eigenvalue weighted by atomic mass is 10.00. The molecule has 1 aliphatic rings. The maximum atomic E-state index is 11.3. The van der Waals surface area contributed by atoms with Crippen molar-refractivity contribution in [1.82, 2.24) is 5.32 Å². The number of carbonyl (C=O) groups is 1. The standard InChI is InChI=1S/C13H23NO3/c1-4-12-11(6-7-17-12)9-14-8-10(3)13(15)16-5-2/h11-12,14H,3-9H2,1-2H3. The minimum absolute atomic E-state index is 0.310. The minimum Gasteiger partial charge on any atom is -0.463 e. The molecule has 2 unspecified atom stereocenters. The van der Waals surface area contributed by atoms with Crippen molar-refractivity contribution in [1.29, 1.82) is 0 Å². The molecule has 0 aromatic heterocycles. The van der Waals surface area contributed by atoms with Crippen molar-refractivity contribution >= 4 is 5.97 Å². The Labute approximate surface area is 103 Å². The summed E-state index contributed by atoms with van der Waals surface area (Å²) in [4.78, 5) is 11.3. The minimum atomic E-state index is -0.310. The number of rotatable bonds is 7. The quantitative estimate of drug-likeness (QED) is 0.542. The predicted octanol–water partition coefficient (Wildman–Crippen LogP) is 1.51. The molecule has 0 spiro atoms. The first-order valence-corrected chi connectivity index (χ1v) is 6.36. The topological polar surface area (TPSA) is 47.6 Å². The first kappa shape index (κ1) is 14.2. The van der Waals surface area contributed by atoms with Gasteiger partial charge < -0.3 is 14.8 Å². The highest BCUT2D eigenvalue weighted by atomic mass is 16.5. The van der Waals surface area contributed by atoms with E-state index in [1.807, 2.05) is 0 Å². The van der Waals surface area contributed by atoms with E-state index >= 15 is 0 Å². The van der Waals surface area contributed by atoms with Crippen LogP contribution in [0.15, 0.2) is 12.2 Å². The van der Waals surface area contributed by atoms with Crippen LogP contribution in [-0.2, 0) is 14.3 Å². The van der Waals surface area contributed by atoms with Crippen LogP contribution in [0.1, 0.15) is 26.7 Å². The van der Waals surface area contributed by atoms with Gasteiger partial charge in [-0.25, -0.2) is 4.79 Å². The van der Waals surface area contributed by atoms with E-state index in [9.17, 15) is 4.79 Å². The average molecular weight is 241 g/mol. The molecule has 0 amide bonds. The summed E-state index contributed by atoms with van der Waals surface area (Å²) in [5.41, 5.74) is 0.485. The van der Waals surface area contributed by atoms with Gasteiger partial charge >= 0.3 is 5.97 Å². The molecule has 2 atom stereocenters. The molecule has 0 saturated carbocycles. The average Bonchev–Trinajstić information content (AvgIpc) is 2.76. The van der Waals surface area contributed by atoms with E-state index in [4.69, 9.17) is 9.47 Å². The second-order valence-corrected chi connectivity index (χ2v) is 4.32. The van der Waals surface area contributed by atoms with Crippen LogP contribution in [0, 0.1) is 5.92 Å². The van der Waals surface area contributed by atoms with Crippen molar-refractivity contribution in [2.75, 3.05) is 26.3 Å². The lowest BCUT2D eigenvalue weighted by Gasteiger charge is -2.17. The molecule has 1 N–H and O–H groups in total. The molecule has 4 heteroatoms. The molecule has 0 bridgehead atoms. The van der Waals surface area contributed by atoms with E-state index < -0.39 is 0 Å². The molecule has 0 aliphatic carbocycles. The number of hydrogen-bond acceptors (Lipinski definition) is 4. The summed E-state index contributed by atoms with van der Waals surface area (Å²) in [6.07, 6.45) is 2.50. The van der Waals surface area contributed by atoms with Gasteiger partial charge in [0.25, 0.3) is 0 Å². The molecular formula is C13H23NO3. The highest BCUT2D eigenvalue weighted by Crippen LogP contribution is 2.22. The number of carbonyl (C=O) groups excluding carboxylic acids is 1. The highest BCUT2D eigenvalue weighted by Gasteiger charge is 2.26. The van der Waals surface area contributed by atoms with Crippen LogP contribution in [0.25, 0.3) is 0 Å². The fraction of sp³-hybridized carbons (Fsp3) is 0.769. The second-order valence-electron chi connectivity index (χ2n) is 4.32. The van der Waals surface area contributed by atoms with Gasteiger partial charge in [-0.2, -0.15) is 0 Å². The molecule has 0 radical (unpaired) electrons. The second kappa shape index (κ2) is 7.45. The normalized spacial score (nSPS) is 23.6. The van der Waals surface area contributed by atoms with Crippen molar-refractivity contribution in [3.05, 3.63) is 12.2 Å². The summed E-state index contributed by atoms with van der Waals surface area (Å²) in [6.45, 7) is 10.2. The van der Waals surface area contributed by atoms with Crippen molar-refractivity contribution in [2.45, 2.75) is 32.8 Å². The zero-order valence-electron chi connectivity index (χ0n) is 10.8. The molecule has 4 nitrogen and oxygen atoms in total. The van der Waals surface area contributed by atoms with E-state index in [1.54, 1.807) is 6.92 Å². The van der Waals surface area contributed by atoms with Gasteiger partial charge in [-0.1, -0.05) is 13.5 Å². The van der Waals surface area contributed by atoms with Crippen molar-refractivity contribution in [3.8, 4) is 0 Å². The third-order valence-corrected chi connectivity index (χ3v) is 3.06. The van der Waals surface area contributed by atoms with Crippen LogP contribution in [0.3, 0.4) is 0 Å². The van der Waals surface area contributed by atoms with E-state index in [2.05, 4.69) is 18.8 Å². The molecule has 1 heterocycles. The van der Waals surface area contributed by atoms with Gasteiger partial charge in [0.15, 0.2) is 0 Å². The van der Waals surface area contributed by atoms with Crippen molar-refractivity contribution < 1.29 is 14.3 Å². The van der Waals surface area contributed by atoms with Crippen molar-refractivity contribution in [3.63, 3.8) is 0 Å². The fourth-order valence-electron chi connectivity index (χ4n) is 2.09. The Balaban J connectivity index is 2.19. The van der Waals surface area contributed by atoms with E-state index in [1.165, 1.54) is 0 Å². The Morgan fingerprint density at radius 2 is 2.29 bits per heavy atom. The van der Waals surface area contributed by atoms with Crippen LogP contribution >= 0.6 is 0 Å². The van der Waals surface area contributed by atoms with Gasteiger partial charge in [-0.3, -0.25) is 0 Å². The molecule has 17 heavy (non-hydrogen) atoms. The maximum Gasteiger partial charge on any atom is 0.334 e. The smallest absolute Gasteiger partial charge is 0.334 e. The summed E-state index contributed by atoms with van der Waals surface area (Å²) in [6, 6.07) is 0. The Kier molecular flexibility index (Phi) is 6.22. The highest BCUT2D eigenvalue weighted by molar-refractivity contribution is 5.88. The van der Waals surface area contributed by atoms with E-state index in [-0.39, 0.29) is 5.97 Å². The molecule has 0 aromatic rings. The van der Waals surface area contributed by atoms with Gasteiger partial charge in [0.1, 0.15) is 0 Å². The van der Waals surface area contributed by atoms with E-state index in [0.717, 1.165) is 26.0 Å². The summed E-state index contributed by atoms with van der Waals surface area (Å²) in [5, 5.41) is 3.25. The summed E-state index contributed by atoms with van der Waals surface area (Å²) >= 11 is 0.